The van der Waals surface area contributed by atoms with Gasteiger partial charge in [-0.3, -0.25) is 0 Å². The van der Waals surface area contributed by atoms with Crippen LogP contribution in [0.1, 0.15) is 79.2 Å². The third-order valence-corrected chi connectivity index (χ3v) is 4.05. The molecule has 1 aromatic rings. The maximum atomic E-state index is 12.4. The van der Waals surface area contributed by atoms with Crippen LogP contribution in [-0.4, -0.2) is 34.8 Å². The van der Waals surface area contributed by atoms with Gasteiger partial charge in [0, 0.05) is 12.2 Å². The summed E-state index contributed by atoms with van der Waals surface area (Å²) in [6.07, 6.45) is 4.62. The van der Waals surface area contributed by atoms with Crippen molar-refractivity contribution >= 4 is 17.9 Å². The first-order chi connectivity index (χ1) is 13.4. The Balaban J connectivity index is 2.41. The first kappa shape index (κ1) is 24.8. The quantitative estimate of drug-likeness (QED) is 0.427. The molecule has 6 nitrogen and oxygen atoms in total. The molecule has 0 fully saturated rings. The average molecular weight is 407 g/mol. The van der Waals surface area contributed by atoms with Gasteiger partial charge in [0.2, 0.25) is 0 Å². The predicted molar refractivity (Wildman–Crippen MR) is 117 cm³/mol. The smallest absolute Gasteiger partial charge is 0.419 e. The Hall–Kier alpha value is -2.24. The van der Waals surface area contributed by atoms with Crippen LogP contribution in [0.25, 0.3) is 0 Å². The van der Waals surface area contributed by atoms with Crippen LogP contribution in [-0.2, 0) is 15.9 Å². The Morgan fingerprint density at radius 3 is 1.72 bits per heavy atom. The summed E-state index contributed by atoms with van der Waals surface area (Å²) in [5, 5.41) is 0. The van der Waals surface area contributed by atoms with Gasteiger partial charge in [-0.1, -0.05) is 31.4 Å². The summed E-state index contributed by atoms with van der Waals surface area (Å²) >= 11 is 0. The van der Waals surface area contributed by atoms with Crippen molar-refractivity contribution in [3.05, 3.63) is 29.8 Å². The average Bonchev–Trinajstić information content (AvgIpc) is 2.55. The van der Waals surface area contributed by atoms with E-state index in [1.807, 2.05) is 12.1 Å². The number of unbranched alkanes of at least 4 members (excludes halogenated alkanes) is 4. The number of carbonyl (C=O) groups is 2. The number of nitrogens with zero attached hydrogens (tertiary/aromatic N) is 1. The van der Waals surface area contributed by atoms with Crippen molar-refractivity contribution in [2.24, 2.45) is 0 Å². The number of benzene rings is 1. The highest BCUT2D eigenvalue weighted by atomic mass is 16.6. The number of nitrogens with two attached hydrogens (primary N) is 1. The minimum Gasteiger partial charge on any atom is -0.443 e. The van der Waals surface area contributed by atoms with E-state index in [9.17, 15) is 9.59 Å². The van der Waals surface area contributed by atoms with Crippen molar-refractivity contribution in [3.63, 3.8) is 0 Å². The molecule has 0 aliphatic carbocycles. The molecule has 0 saturated heterocycles. The van der Waals surface area contributed by atoms with Crippen LogP contribution in [0.3, 0.4) is 0 Å². The summed E-state index contributed by atoms with van der Waals surface area (Å²) in [7, 11) is 0. The van der Waals surface area contributed by atoms with Crippen LogP contribution in [0.5, 0.6) is 0 Å². The van der Waals surface area contributed by atoms with Crippen LogP contribution < -0.4 is 5.73 Å². The van der Waals surface area contributed by atoms with Gasteiger partial charge in [0.15, 0.2) is 0 Å². The minimum atomic E-state index is -0.667. The lowest BCUT2D eigenvalue weighted by atomic mass is 10.1. The van der Waals surface area contributed by atoms with E-state index in [-0.39, 0.29) is 0 Å². The second kappa shape index (κ2) is 11.1. The Labute approximate surface area is 175 Å². The molecule has 0 atom stereocenters. The summed E-state index contributed by atoms with van der Waals surface area (Å²) in [6.45, 7) is 11.0. The zero-order valence-corrected chi connectivity index (χ0v) is 18.9. The number of nitrogen functional groups attached to an aromatic ring is 1. The van der Waals surface area contributed by atoms with Gasteiger partial charge in [-0.25, -0.2) is 14.5 Å². The maximum absolute atomic E-state index is 12.4. The standard InChI is InChI=1S/C23H38N2O4/c1-22(2,3)28-20(26)25(21(27)29-23(4,5)6)17-11-9-7-8-10-12-18-13-15-19(24)16-14-18/h13-16H,7-12,17,24H2,1-6H3. The van der Waals surface area contributed by atoms with E-state index < -0.39 is 23.4 Å². The van der Waals surface area contributed by atoms with E-state index in [0.29, 0.717) is 6.54 Å². The molecule has 0 heterocycles. The summed E-state index contributed by atoms with van der Waals surface area (Å²) < 4.78 is 10.7. The zero-order valence-electron chi connectivity index (χ0n) is 18.9. The van der Waals surface area contributed by atoms with Gasteiger partial charge < -0.3 is 15.2 Å². The van der Waals surface area contributed by atoms with Crippen LogP contribution in [0.4, 0.5) is 15.3 Å². The lowest BCUT2D eigenvalue weighted by Gasteiger charge is -2.28. The molecule has 29 heavy (non-hydrogen) atoms. The molecule has 0 bridgehead atoms. The number of anilines is 1. The number of imide groups is 1. The second-order valence-corrected chi connectivity index (χ2v) is 9.37. The molecule has 0 saturated carbocycles. The largest absolute Gasteiger partial charge is 0.443 e. The number of ether oxygens (including phenoxy) is 2. The van der Waals surface area contributed by atoms with E-state index in [1.54, 1.807) is 41.5 Å². The number of hydrogen-bond donors (Lipinski definition) is 1. The topological polar surface area (TPSA) is 81.9 Å². The third kappa shape index (κ3) is 11.4. The van der Waals surface area contributed by atoms with Crippen molar-refractivity contribution in [2.75, 3.05) is 12.3 Å². The van der Waals surface area contributed by atoms with Crippen molar-refractivity contribution in [1.29, 1.82) is 0 Å². The van der Waals surface area contributed by atoms with Crippen molar-refractivity contribution in [1.82, 2.24) is 4.90 Å². The van der Waals surface area contributed by atoms with Crippen molar-refractivity contribution in [3.8, 4) is 0 Å². The lowest BCUT2D eigenvalue weighted by Crippen LogP contribution is -2.44. The number of aryl methyl sites for hydroxylation is 1. The van der Waals surface area contributed by atoms with E-state index >= 15 is 0 Å². The predicted octanol–water partition coefficient (Wildman–Crippen LogP) is 5.93. The second-order valence-electron chi connectivity index (χ2n) is 9.37. The Bertz CT molecular complexity index is 614. The van der Waals surface area contributed by atoms with Crippen LogP contribution in [0.15, 0.2) is 24.3 Å². The number of carbonyl (C=O) groups excluding carboxylic acids is 2. The molecular formula is C23H38N2O4. The van der Waals surface area contributed by atoms with E-state index in [4.69, 9.17) is 15.2 Å². The van der Waals surface area contributed by atoms with Crippen LogP contribution >= 0.6 is 0 Å². The molecule has 6 heteroatoms. The van der Waals surface area contributed by atoms with Crippen molar-refractivity contribution in [2.45, 2.75) is 91.3 Å². The highest BCUT2D eigenvalue weighted by Gasteiger charge is 2.30. The summed E-state index contributed by atoms with van der Waals surface area (Å²) in [5.41, 5.74) is 6.44. The van der Waals surface area contributed by atoms with Gasteiger partial charge in [-0.05, 0) is 78.5 Å². The first-order valence-electron chi connectivity index (χ1n) is 10.5. The highest BCUT2D eigenvalue weighted by Crippen LogP contribution is 2.16. The molecule has 0 aliphatic rings. The molecule has 0 aromatic heterocycles. The first-order valence-corrected chi connectivity index (χ1v) is 10.5. The summed E-state index contributed by atoms with van der Waals surface area (Å²) in [5.74, 6) is 0. The molecule has 0 unspecified atom stereocenters. The molecule has 2 N–H and O–H groups in total. The van der Waals surface area contributed by atoms with Gasteiger partial charge >= 0.3 is 12.2 Å². The molecule has 1 rings (SSSR count). The number of amides is 2. The summed E-state index contributed by atoms with van der Waals surface area (Å²) in [4.78, 5) is 25.9. The Kier molecular flexibility index (Phi) is 9.47. The molecule has 1 aromatic carbocycles. The van der Waals surface area contributed by atoms with E-state index in [2.05, 4.69) is 12.1 Å². The fraction of sp³-hybridized carbons (Fsp3) is 0.652. The SMILES string of the molecule is CC(C)(C)OC(=O)N(CCCCCCCc1ccc(N)cc1)C(=O)OC(C)(C)C. The van der Waals surface area contributed by atoms with Gasteiger partial charge in [-0.15, -0.1) is 0 Å². The number of hydrogen-bond acceptors (Lipinski definition) is 5. The Morgan fingerprint density at radius 2 is 1.24 bits per heavy atom. The summed E-state index contributed by atoms with van der Waals surface area (Å²) in [6, 6.07) is 7.98. The molecule has 0 radical (unpaired) electrons. The molecule has 2 amide bonds. The maximum Gasteiger partial charge on any atom is 0.419 e. The molecule has 0 aliphatic heterocycles. The molecule has 0 spiro atoms. The number of rotatable bonds is 8. The van der Waals surface area contributed by atoms with Gasteiger partial charge in [0.25, 0.3) is 0 Å². The van der Waals surface area contributed by atoms with Crippen LogP contribution in [0.2, 0.25) is 0 Å². The molecular weight excluding hydrogens is 368 g/mol. The Morgan fingerprint density at radius 1 is 0.793 bits per heavy atom. The van der Waals surface area contributed by atoms with Gasteiger partial charge in [-0.2, -0.15) is 0 Å². The van der Waals surface area contributed by atoms with Crippen LogP contribution in [0, 0.1) is 0 Å². The highest BCUT2D eigenvalue weighted by molar-refractivity contribution is 5.88. The molecule has 164 valence electrons. The van der Waals surface area contributed by atoms with E-state index in [1.165, 1.54) is 5.56 Å². The zero-order chi connectivity index (χ0) is 22.1. The fourth-order valence-corrected chi connectivity index (χ4v) is 2.70. The normalized spacial score (nSPS) is 11.8. The van der Waals surface area contributed by atoms with Crippen molar-refractivity contribution < 1.29 is 19.1 Å². The minimum absolute atomic E-state index is 0.293. The lowest BCUT2D eigenvalue weighted by molar-refractivity contribution is 0.00118. The van der Waals surface area contributed by atoms with Gasteiger partial charge in [0.1, 0.15) is 11.2 Å². The monoisotopic (exact) mass is 406 g/mol. The van der Waals surface area contributed by atoms with Gasteiger partial charge in [0.05, 0.1) is 0 Å². The fourth-order valence-electron chi connectivity index (χ4n) is 2.70. The van der Waals surface area contributed by atoms with E-state index in [0.717, 1.165) is 49.1 Å². The third-order valence-electron chi connectivity index (χ3n) is 4.05.